The monoisotopic (exact) mass is 266 g/mol. The van der Waals surface area contributed by atoms with Crippen LogP contribution in [-0.4, -0.2) is 15.3 Å². The molecule has 0 aliphatic heterocycles. The molecule has 1 rings (SSSR count). The molecule has 0 aromatic heterocycles. The molecule has 0 N–H and O–H groups in total. The van der Waals surface area contributed by atoms with Gasteiger partial charge in [-0.25, -0.2) is 0 Å². The highest BCUT2D eigenvalue weighted by atomic mass is 79.9. The molecular weight excluding hydrogens is 260 g/mol. The van der Waals surface area contributed by atoms with Crippen LogP contribution in [0.1, 0.15) is 0 Å². The highest BCUT2D eigenvalue weighted by Crippen LogP contribution is 2.12. The van der Waals surface area contributed by atoms with Crippen molar-refractivity contribution >= 4 is 38.3 Å². The van der Waals surface area contributed by atoms with Crippen LogP contribution in [0.5, 0.6) is 0 Å². The van der Waals surface area contributed by atoms with Crippen molar-refractivity contribution in [3.63, 3.8) is 0 Å². The standard InChI is InChI=1S/C8H8BrClOS/c9-5-6-12(11)8-3-1-7(10)2-4-8/h1-4H,5-6H2. The Kier molecular flexibility index (Phi) is 4.26. The summed E-state index contributed by atoms with van der Waals surface area (Å²) >= 11 is 8.93. The Morgan fingerprint density at radius 2 is 1.92 bits per heavy atom. The van der Waals surface area contributed by atoms with E-state index in [4.69, 9.17) is 11.6 Å². The van der Waals surface area contributed by atoms with Gasteiger partial charge in [-0.2, -0.15) is 0 Å². The molecule has 12 heavy (non-hydrogen) atoms. The van der Waals surface area contributed by atoms with Crippen molar-refractivity contribution in [1.82, 2.24) is 0 Å². The Hall–Kier alpha value is 0.140. The summed E-state index contributed by atoms with van der Waals surface area (Å²) in [6, 6.07) is 7.09. The molecule has 1 aromatic carbocycles. The second kappa shape index (κ2) is 5.00. The van der Waals surface area contributed by atoms with Gasteiger partial charge in [-0.3, -0.25) is 4.21 Å². The van der Waals surface area contributed by atoms with Gasteiger partial charge in [-0.05, 0) is 24.3 Å². The number of halogens is 2. The molecule has 1 aromatic rings. The lowest BCUT2D eigenvalue weighted by Gasteiger charge is -1.98. The largest absolute Gasteiger partial charge is 0.254 e. The second-order valence-electron chi connectivity index (χ2n) is 2.19. The van der Waals surface area contributed by atoms with Crippen LogP contribution < -0.4 is 0 Å². The molecular formula is C8H8BrClOS. The third-order valence-corrected chi connectivity index (χ3v) is 3.89. The number of hydrogen-bond donors (Lipinski definition) is 0. The second-order valence-corrected chi connectivity index (χ2v) is 4.99. The fourth-order valence-corrected chi connectivity index (χ4v) is 2.60. The molecule has 0 radical (unpaired) electrons. The SMILES string of the molecule is O=S(CCBr)c1ccc(Cl)cc1. The summed E-state index contributed by atoms with van der Waals surface area (Å²) in [5.74, 6) is 0.641. The van der Waals surface area contributed by atoms with Crippen molar-refractivity contribution in [2.75, 3.05) is 11.1 Å². The summed E-state index contributed by atoms with van der Waals surface area (Å²) in [5, 5.41) is 1.43. The third kappa shape index (κ3) is 2.88. The summed E-state index contributed by atoms with van der Waals surface area (Å²) < 4.78 is 11.4. The van der Waals surface area contributed by atoms with Crippen molar-refractivity contribution in [2.24, 2.45) is 0 Å². The maximum atomic E-state index is 11.4. The molecule has 1 atom stereocenters. The zero-order valence-corrected chi connectivity index (χ0v) is 9.45. The smallest absolute Gasteiger partial charge is 0.0537 e. The van der Waals surface area contributed by atoms with E-state index < -0.39 is 10.8 Å². The highest BCUT2D eigenvalue weighted by Gasteiger charge is 2.01. The molecule has 0 saturated carbocycles. The van der Waals surface area contributed by atoms with Gasteiger partial charge in [0.15, 0.2) is 0 Å². The first-order chi connectivity index (χ1) is 5.74. The van der Waals surface area contributed by atoms with Crippen molar-refractivity contribution in [1.29, 1.82) is 0 Å². The summed E-state index contributed by atoms with van der Waals surface area (Å²) in [6.07, 6.45) is 0. The molecule has 0 heterocycles. The van der Waals surface area contributed by atoms with Gasteiger partial charge in [0.2, 0.25) is 0 Å². The van der Waals surface area contributed by atoms with Crippen LogP contribution in [0.25, 0.3) is 0 Å². The fourth-order valence-electron chi connectivity index (χ4n) is 0.774. The van der Waals surface area contributed by atoms with Crippen LogP contribution in [0, 0.1) is 0 Å². The molecule has 0 amide bonds. The summed E-state index contributed by atoms with van der Waals surface area (Å²) in [5.41, 5.74) is 0. The maximum absolute atomic E-state index is 11.4. The predicted octanol–water partition coefficient (Wildman–Crippen LogP) is 2.84. The number of alkyl halides is 1. The average Bonchev–Trinajstić information content (AvgIpc) is 2.06. The lowest BCUT2D eigenvalue weighted by Crippen LogP contribution is -1.98. The van der Waals surface area contributed by atoms with Crippen molar-refractivity contribution < 1.29 is 4.21 Å². The van der Waals surface area contributed by atoms with E-state index in [1.54, 1.807) is 24.3 Å². The Labute approximate surface area is 87.7 Å². The third-order valence-electron chi connectivity index (χ3n) is 1.34. The first kappa shape index (κ1) is 10.2. The van der Waals surface area contributed by atoms with Crippen LogP contribution >= 0.6 is 27.5 Å². The first-order valence-corrected chi connectivity index (χ1v) is 6.26. The number of rotatable bonds is 3. The molecule has 0 saturated heterocycles. The van der Waals surface area contributed by atoms with E-state index in [0.29, 0.717) is 10.8 Å². The molecule has 1 nitrogen and oxygen atoms in total. The van der Waals surface area contributed by atoms with Crippen molar-refractivity contribution in [2.45, 2.75) is 4.90 Å². The summed E-state index contributed by atoms with van der Waals surface area (Å²) in [4.78, 5) is 0.832. The highest BCUT2D eigenvalue weighted by molar-refractivity contribution is 9.09. The van der Waals surface area contributed by atoms with E-state index in [9.17, 15) is 4.21 Å². The minimum Gasteiger partial charge on any atom is -0.254 e. The van der Waals surface area contributed by atoms with Gasteiger partial charge in [0.05, 0.1) is 10.8 Å². The topological polar surface area (TPSA) is 17.1 Å². The van der Waals surface area contributed by atoms with Gasteiger partial charge >= 0.3 is 0 Å². The van der Waals surface area contributed by atoms with E-state index >= 15 is 0 Å². The van der Waals surface area contributed by atoms with Crippen LogP contribution in [0.2, 0.25) is 5.02 Å². The zero-order valence-electron chi connectivity index (χ0n) is 6.30. The van der Waals surface area contributed by atoms with Crippen LogP contribution in [-0.2, 0) is 10.8 Å². The minimum absolute atomic E-state index is 0.641. The molecule has 0 spiro atoms. The molecule has 0 bridgehead atoms. The maximum Gasteiger partial charge on any atom is 0.0537 e. The Morgan fingerprint density at radius 1 is 1.33 bits per heavy atom. The van der Waals surface area contributed by atoms with Gasteiger partial charge in [0.25, 0.3) is 0 Å². The van der Waals surface area contributed by atoms with Gasteiger partial charge < -0.3 is 0 Å². The lowest BCUT2D eigenvalue weighted by atomic mass is 10.4. The Bertz CT molecular complexity index is 273. The van der Waals surface area contributed by atoms with E-state index in [2.05, 4.69) is 15.9 Å². The van der Waals surface area contributed by atoms with Gasteiger partial charge in [-0.1, -0.05) is 27.5 Å². The van der Waals surface area contributed by atoms with Crippen LogP contribution in [0.3, 0.4) is 0 Å². The van der Waals surface area contributed by atoms with Crippen molar-refractivity contribution in [3.8, 4) is 0 Å². The Balaban J connectivity index is 2.75. The van der Waals surface area contributed by atoms with E-state index in [1.807, 2.05) is 0 Å². The molecule has 0 aliphatic rings. The molecule has 0 aliphatic carbocycles. The molecule has 4 heteroatoms. The quantitative estimate of drug-likeness (QED) is 0.770. The predicted molar refractivity (Wildman–Crippen MR) is 56.5 cm³/mol. The number of hydrogen-bond acceptors (Lipinski definition) is 1. The van der Waals surface area contributed by atoms with Gasteiger partial charge in [-0.15, -0.1) is 0 Å². The minimum atomic E-state index is -0.897. The Morgan fingerprint density at radius 3 is 2.42 bits per heavy atom. The molecule has 1 unspecified atom stereocenters. The van der Waals surface area contributed by atoms with E-state index in [-0.39, 0.29) is 0 Å². The lowest BCUT2D eigenvalue weighted by molar-refractivity contribution is 0.684. The fraction of sp³-hybridized carbons (Fsp3) is 0.250. The van der Waals surface area contributed by atoms with E-state index in [0.717, 1.165) is 10.2 Å². The number of benzene rings is 1. The summed E-state index contributed by atoms with van der Waals surface area (Å²) in [7, 11) is -0.897. The van der Waals surface area contributed by atoms with Crippen molar-refractivity contribution in [3.05, 3.63) is 29.3 Å². The molecule has 66 valence electrons. The van der Waals surface area contributed by atoms with Crippen LogP contribution in [0.4, 0.5) is 0 Å². The summed E-state index contributed by atoms with van der Waals surface area (Å²) in [6.45, 7) is 0. The van der Waals surface area contributed by atoms with Crippen LogP contribution in [0.15, 0.2) is 29.2 Å². The van der Waals surface area contributed by atoms with Gasteiger partial charge in [0, 0.05) is 21.0 Å². The molecule has 0 fully saturated rings. The zero-order chi connectivity index (χ0) is 8.97. The first-order valence-electron chi connectivity index (χ1n) is 3.44. The van der Waals surface area contributed by atoms with E-state index in [1.165, 1.54) is 0 Å². The van der Waals surface area contributed by atoms with Gasteiger partial charge in [0.1, 0.15) is 0 Å². The average molecular weight is 268 g/mol. The normalized spacial score (nSPS) is 12.8.